The Labute approximate surface area is 137 Å². The number of hydrogen-bond donors (Lipinski definition) is 0. The van der Waals surface area contributed by atoms with E-state index in [1.807, 2.05) is 0 Å². The van der Waals surface area contributed by atoms with Crippen molar-refractivity contribution in [1.82, 2.24) is 15.1 Å². The van der Waals surface area contributed by atoms with Crippen molar-refractivity contribution in [3.63, 3.8) is 0 Å². The Morgan fingerprint density at radius 1 is 1.23 bits per heavy atom. The quantitative estimate of drug-likeness (QED) is 0.863. The van der Waals surface area contributed by atoms with Gasteiger partial charge in [0.05, 0.1) is 34.5 Å². The van der Waals surface area contributed by atoms with Gasteiger partial charge in [0.15, 0.2) is 0 Å². The van der Waals surface area contributed by atoms with E-state index in [0.29, 0.717) is 34.4 Å². The van der Waals surface area contributed by atoms with Crippen LogP contribution in [0.4, 0.5) is 0 Å². The summed E-state index contributed by atoms with van der Waals surface area (Å²) in [6.07, 6.45) is 3.68. The Hall–Kier alpha value is -1.85. The minimum atomic E-state index is -0.0601. The van der Waals surface area contributed by atoms with Gasteiger partial charge in [-0.05, 0) is 18.2 Å². The average Bonchev–Trinajstić information content (AvgIpc) is 2.99. The van der Waals surface area contributed by atoms with Crippen molar-refractivity contribution < 1.29 is 9.53 Å². The summed E-state index contributed by atoms with van der Waals surface area (Å²) in [6, 6.07) is 6.80. The molecule has 0 bridgehead atoms. The van der Waals surface area contributed by atoms with E-state index < -0.39 is 0 Å². The number of aromatic nitrogens is 2. The lowest BCUT2D eigenvalue weighted by atomic mass is 10.3. The lowest BCUT2D eigenvalue weighted by Crippen LogP contribution is -2.31. The molecule has 0 N–H and O–H groups in total. The highest BCUT2D eigenvalue weighted by Crippen LogP contribution is 2.28. The number of halogens is 2. The van der Waals surface area contributed by atoms with Crippen LogP contribution in [0.15, 0.2) is 36.7 Å². The first kappa shape index (κ1) is 15.1. The normalized spacial score (nSPS) is 17.5. The van der Waals surface area contributed by atoms with Gasteiger partial charge in [-0.15, -0.1) is 0 Å². The van der Waals surface area contributed by atoms with E-state index in [0.717, 1.165) is 6.42 Å². The molecule has 1 amide bonds. The topological polar surface area (TPSA) is 55.3 Å². The molecule has 7 heteroatoms. The summed E-state index contributed by atoms with van der Waals surface area (Å²) in [4.78, 5) is 14.1. The zero-order valence-corrected chi connectivity index (χ0v) is 13.1. The van der Waals surface area contributed by atoms with Gasteiger partial charge in [0.25, 0.3) is 5.91 Å². The molecule has 1 unspecified atom stereocenters. The first-order valence-electron chi connectivity index (χ1n) is 6.81. The van der Waals surface area contributed by atoms with Gasteiger partial charge >= 0.3 is 0 Å². The van der Waals surface area contributed by atoms with E-state index in [1.54, 1.807) is 29.2 Å². The van der Waals surface area contributed by atoms with Crippen molar-refractivity contribution in [3.05, 3.63) is 52.3 Å². The number of carbonyl (C=O) groups excluding carboxylic acids is 1. The predicted molar refractivity (Wildman–Crippen MR) is 83.4 cm³/mol. The number of benzene rings is 1. The van der Waals surface area contributed by atoms with Gasteiger partial charge in [0, 0.05) is 19.0 Å². The molecule has 3 rings (SSSR count). The number of amides is 1. The molecule has 1 saturated heterocycles. The molecular formula is C15H13Cl2N3O2. The molecule has 2 aromatic rings. The Morgan fingerprint density at radius 3 is 2.82 bits per heavy atom. The number of likely N-dealkylation sites (tertiary alicyclic amines) is 1. The molecule has 0 radical (unpaired) electrons. The molecule has 1 fully saturated rings. The van der Waals surface area contributed by atoms with Gasteiger partial charge < -0.3 is 9.64 Å². The highest BCUT2D eigenvalue weighted by molar-refractivity contribution is 6.42. The van der Waals surface area contributed by atoms with Crippen LogP contribution in [0.3, 0.4) is 0 Å². The summed E-state index contributed by atoms with van der Waals surface area (Å²) in [5.41, 5.74) is 0.533. The second-order valence-electron chi connectivity index (χ2n) is 4.99. The van der Waals surface area contributed by atoms with E-state index >= 15 is 0 Å². The first-order valence-corrected chi connectivity index (χ1v) is 7.57. The largest absolute Gasteiger partial charge is 0.488 e. The molecule has 5 nitrogen and oxygen atoms in total. The summed E-state index contributed by atoms with van der Waals surface area (Å²) in [5, 5.41) is 8.34. The number of ether oxygens (including phenoxy) is 1. The Kier molecular flexibility index (Phi) is 4.45. The summed E-state index contributed by atoms with van der Waals surface area (Å²) in [7, 11) is 0. The number of hydrogen-bond acceptors (Lipinski definition) is 4. The van der Waals surface area contributed by atoms with Crippen molar-refractivity contribution >= 4 is 29.1 Å². The third-order valence-electron chi connectivity index (χ3n) is 3.46. The molecule has 114 valence electrons. The van der Waals surface area contributed by atoms with E-state index in [2.05, 4.69) is 10.2 Å². The van der Waals surface area contributed by atoms with Gasteiger partial charge in [-0.25, -0.2) is 0 Å². The molecule has 1 aromatic carbocycles. The Bertz CT molecular complexity index is 682. The maximum Gasteiger partial charge on any atom is 0.255 e. The highest BCUT2D eigenvalue weighted by atomic mass is 35.5. The van der Waals surface area contributed by atoms with Crippen molar-refractivity contribution in [1.29, 1.82) is 0 Å². The van der Waals surface area contributed by atoms with Crippen molar-refractivity contribution in [2.75, 3.05) is 13.1 Å². The van der Waals surface area contributed by atoms with Crippen LogP contribution < -0.4 is 4.74 Å². The third kappa shape index (κ3) is 3.31. The summed E-state index contributed by atoms with van der Waals surface area (Å²) in [6.45, 7) is 1.18. The molecule has 1 aliphatic heterocycles. The van der Waals surface area contributed by atoms with Crippen LogP contribution in [0.2, 0.25) is 10.0 Å². The lowest BCUT2D eigenvalue weighted by molar-refractivity contribution is 0.0772. The second-order valence-corrected chi connectivity index (χ2v) is 5.80. The van der Waals surface area contributed by atoms with Crippen LogP contribution in [0, 0.1) is 0 Å². The monoisotopic (exact) mass is 337 g/mol. The zero-order valence-electron chi connectivity index (χ0n) is 11.6. The van der Waals surface area contributed by atoms with E-state index in [-0.39, 0.29) is 12.0 Å². The second kappa shape index (κ2) is 6.50. The van der Waals surface area contributed by atoms with Gasteiger partial charge in [-0.1, -0.05) is 23.2 Å². The van der Waals surface area contributed by atoms with E-state index in [1.165, 1.54) is 12.4 Å². The highest BCUT2D eigenvalue weighted by Gasteiger charge is 2.28. The molecule has 0 saturated carbocycles. The van der Waals surface area contributed by atoms with Crippen LogP contribution in [-0.4, -0.2) is 40.2 Å². The molecular weight excluding hydrogens is 325 g/mol. The lowest BCUT2D eigenvalue weighted by Gasteiger charge is -2.17. The number of carbonyl (C=O) groups is 1. The number of nitrogens with zero attached hydrogens (tertiary/aromatic N) is 3. The summed E-state index contributed by atoms with van der Waals surface area (Å²) >= 11 is 11.8. The summed E-state index contributed by atoms with van der Waals surface area (Å²) < 4.78 is 5.86. The average molecular weight is 338 g/mol. The Morgan fingerprint density at radius 2 is 2.09 bits per heavy atom. The van der Waals surface area contributed by atoms with Crippen LogP contribution in [-0.2, 0) is 0 Å². The van der Waals surface area contributed by atoms with Crippen LogP contribution in [0.5, 0.6) is 5.75 Å². The van der Waals surface area contributed by atoms with Gasteiger partial charge in [0.1, 0.15) is 11.9 Å². The maximum atomic E-state index is 12.3. The molecule has 2 heterocycles. The van der Waals surface area contributed by atoms with Crippen LogP contribution >= 0.6 is 23.2 Å². The van der Waals surface area contributed by atoms with Gasteiger partial charge in [-0.2, -0.15) is 10.2 Å². The molecule has 1 atom stereocenters. The van der Waals surface area contributed by atoms with Gasteiger partial charge in [0.2, 0.25) is 0 Å². The zero-order chi connectivity index (χ0) is 15.5. The van der Waals surface area contributed by atoms with E-state index in [4.69, 9.17) is 27.9 Å². The minimum absolute atomic E-state index is 0.0593. The summed E-state index contributed by atoms with van der Waals surface area (Å²) in [5.74, 6) is 0.592. The fourth-order valence-electron chi connectivity index (χ4n) is 2.35. The SMILES string of the molecule is O=C(c1ccnnc1)N1CCC(Oc2ccc(Cl)c(Cl)c2)C1. The number of rotatable bonds is 3. The molecule has 1 aromatic heterocycles. The fraction of sp³-hybridized carbons (Fsp3) is 0.267. The van der Waals surface area contributed by atoms with Crippen molar-refractivity contribution in [2.24, 2.45) is 0 Å². The minimum Gasteiger partial charge on any atom is -0.488 e. The van der Waals surface area contributed by atoms with E-state index in [9.17, 15) is 4.79 Å². The van der Waals surface area contributed by atoms with Crippen LogP contribution in [0.1, 0.15) is 16.8 Å². The van der Waals surface area contributed by atoms with Crippen molar-refractivity contribution in [3.8, 4) is 5.75 Å². The first-order chi connectivity index (χ1) is 10.6. The Balaban J connectivity index is 1.62. The fourth-order valence-corrected chi connectivity index (χ4v) is 2.64. The molecule has 1 aliphatic rings. The predicted octanol–water partition coefficient (Wildman–Crippen LogP) is 3.08. The smallest absolute Gasteiger partial charge is 0.255 e. The molecule has 0 aliphatic carbocycles. The molecule has 22 heavy (non-hydrogen) atoms. The third-order valence-corrected chi connectivity index (χ3v) is 4.20. The maximum absolute atomic E-state index is 12.3. The van der Waals surface area contributed by atoms with Crippen LogP contribution in [0.25, 0.3) is 0 Å². The van der Waals surface area contributed by atoms with Crippen molar-refractivity contribution in [2.45, 2.75) is 12.5 Å². The standard InChI is InChI=1S/C15H13Cl2N3O2/c16-13-2-1-11(7-14(13)17)22-12-4-6-20(9-12)15(21)10-3-5-18-19-8-10/h1-3,5,7-8,12H,4,6,9H2. The van der Waals surface area contributed by atoms with Gasteiger partial charge in [-0.3, -0.25) is 4.79 Å². The molecule has 0 spiro atoms.